The number of carbonyl (C=O) groups is 1. The summed E-state index contributed by atoms with van der Waals surface area (Å²) >= 11 is 6.07. The van der Waals surface area contributed by atoms with Crippen molar-refractivity contribution in [2.24, 2.45) is 0 Å². The molecule has 0 unspecified atom stereocenters. The van der Waals surface area contributed by atoms with E-state index >= 15 is 0 Å². The van der Waals surface area contributed by atoms with Gasteiger partial charge >= 0.3 is 6.03 Å². The van der Waals surface area contributed by atoms with Gasteiger partial charge in [-0.15, -0.1) is 0 Å². The second-order valence-electron chi connectivity index (χ2n) is 5.47. The Balaban J connectivity index is 1.52. The molecule has 25 heavy (non-hydrogen) atoms. The van der Waals surface area contributed by atoms with Crippen molar-refractivity contribution in [2.75, 3.05) is 10.6 Å². The molecule has 0 saturated heterocycles. The monoisotopic (exact) mass is 351 g/mol. The van der Waals surface area contributed by atoms with Crippen LogP contribution in [-0.4, -0.2) is 6.03 Å². The summed E-state index contributed by atoms with van der Waals surface area (Å²) in [5.41, 5.74) is 3.56. The van der Waals surface area contributed by atoms with Gasteiger partial charge in [-0.2, -0.15) is 0 Å². The van der Waals surface area contributed by atoms with Gasteiger partial charge in [0, 0.05) is 28.6 Å². The predicted octanol–water partition coefficient (Wildman–Crippen LogP) is 5.41. The molecule has 0 radical (unpaired) electrons. The molecule has 0 saturated carbocycles. The fourth-order valence-electron chi connectivity index (χ4n) is 2.32. The number of halogens is 1. The van der Waals surface area contributed by atoms with Crippen LogP contribution in [0.3, 0.4) is 0 Å². The first-order chi connectivity index (χ1) is 12.2. The number of para-hydroxylation sites is 1. The molecule has 0 spiro atoms. The summed E-state index contributed by atoms with van der Waals surface area (Å²) in [6.45, 7) is 0.374. The van der Waals surface area contributed by atoms with E-state index in [9.17, 15) is 4.79 Å². The predicted molar refractivity (Wildman–Crippen MR) is 103 cm³/mol. The molecule has 0 aliphatic carbocycles. The third-order valence-electron chi connectivity index (χ3n) is 3.60. The topological polar surface area (TPSA) is 53.2 Å². The smallest absolute Gasteiger partial charge is 0.319 e. The molecule has 2 amide bonds. The fraction of sp³-hybridized carbons (Fsp3) is 0.0500. The molecule has 0 aromatic heterocycles. The summed E-state index contributed by atoms with van der Waals surface area (Å²) in [5, 5.41) is 9.53. The summed E-state index contributed by atoms with van der Waals surface area (Å²) in [6, 6.07) is 24.6. The first-order valence-electron chi connectivity index (χ1n) is 7.91. The van der Waals surface area contributed by atoms with Crippen LogP contribution < -0.4 is 16.0 Å². The number of urea groups is 1. The zero-order chi connectivity index (χ0) is 17.5. The molecule has 126 valence electrons. The summed E-state index contributed by atoms with van der Waals surface area (Å²) in [6.07, 6.45) is 0. The summed E-state index contributed by atoms with van der Waals surface area (Å²) in [4.78, 5) is 12.0. The minimum Gasteiger partial charge on any atom is -0.356 e. The zero-order valence-corrected chi connectivity index (χ0v) is 14.3. The highest BCUT2D eigenvalue weighted by Gasteiger charge is 2.04. The maximum absolute atomic E-state index is 12.0. The van der Waals surface area contributed by atoms with Gasteiger partial charge in [-0.3, -0.25) is 0 Å². The molecule has 0 aliphatic heterocycles. The Bertz CT molecular complexity index is 835. The van der Waals surface area contributed by atoms with Gasteiger partial charge < -0.3 is 16.0 Å². The highest BCUT2D eigenvalue weighted by Crippen LogP contribution is 2.19. The van der Waals surface area contributed by atoms with Gasteiger partial charge in [0.1, 0.15) is 0 Å². The van der Waals surface area contributed by atoms with E-state index in [0.29, 0.717) is 11.6 Å². The van der Waals surface area contributed by atoms with Crippen LogP contribution in [0.15, 0.2) is 78.9 Å². The van der Waals surface area contributed by atoms with Crippen molar-refractivity contribution in [1.82, 2.24) is 5.32 Å². The highest BCUT2D eigenvalue weighted by molar-refractivity contribution is 6.31. The minimum atomic E-state index is -0.274. The van der Waals surface area contributed by atoms with Crippen LogP contribution in [0, 0.1) is 0 Å². The number of benzene rings is 3. The Morgan fingerprint density at radius 3 is 2.08 bits per heavy atom. The quantitative estimate of drug-likeness (QED) is 0.576. The van der Waals surface area contributed by atoms with E-state index in [0.717, 1.165) is 22.6 Å². The van der Waals surface area contributed by atoms with E-state index in [1.54, 1.807) is 6.07 Å². The molecule has 0 aliphatic rings. The maximum Gasteiger partial charge on any atom is 0.319 e. The molecule has 5 heteroatoms. The molecular weight excluding hydrogens is 334 g/mol. The van der Waals surface area contributed by atoms with E-state index in [-0.39, 0.29) is 6.03 Å². The molecule has 4 nitrogen and oxygen atoms in total. The van der Waals surface area contributed by atoms with Gasteiger partial charge in [-0.1, -0.05) is 48.0 Å². The van der Waals surface area contributed by atoms with Crippen LogP contribution >= 0.6 is 11.6 Å². The van der Waals surface area contributed by atoms with Crippen molar-refractivity contribution in [3.8, 4) is 0 Å². The second kappa shape index (κ2) is 8.22. The molecule has 3 N–H and O–H groups in total. The van der Waals surface area contributed by atoms with Crippen molar-refractivity contribution in [2.45, 2.75) is 6.54 Å². The second-order valence-corrected chi connectivity index (χ2v) is 5.87. The Kier molecular flexibility index (Phi) is 5.54. The van der Waals surface area contributed by atoms with Gasteiger partial charge in [-0.25, -0.2) is 4.79 Å². The summed E-state index contributed by atoms with van der Waals surface area (Å²) < 4.78 is 0. The van der Waals surface area contributed by atoms with Crippen molar-refractivity contribution < 1.29 is 4.79 Å². The van der Waals surface area contributed by atoms with Crippen molar-refractivity contribution >= 4 is 34.7 Å². The van der Waals surface area contributed by atoms with Crippen LogP contribution in [0.5, 0.6) is 0 Å². The lowest BCUT2D eigenvalue weighted by Gasteiger charge is -2.10. The van der Waals surface area contributed by atoms with Gasteiger partial charge in [0.25, 0.3) is 0 Å². The molecular formula is C20H18ClN3O. The van der Waals surface area contributed by atoms with E-state index in [2.05, 4.69) is 16.0 Å². The molecule has 0 fully saturated rings. The van der Waals surface area contributed by atoms with Crippen LogP contribution in [0.1, 0.15) is 5.56 Å². The largest absolute Gasteiger partial charge is 0.356 e. The number of amides is 2. The molecule has 3 aromatic carbocycles. The lowest BCUT2D eigenvalue weighted by atomic mass is 10.2. The average Bonchev–Trinajstić information content (AvgIpc) is 2.64. The van der Waals surface area contributed by atoms with Crippen molar-refractivity contribution in [3.63, 3.8) is 0 Å². The van der Waals surface area contributed by atoms with E-state index in [1.807, 2.05) is 72.8 Å². The van der Waals surface area contributed by atoms with Gasteiger partial charge in [0.05, 0.1) is 0 Å². The first kappa shape index (κ1) is 16.9. The summed E-state index contributed by atoms with van der Waals surface area (Å²) in [5.74, 6) is 0. The van der Waals surface area contributed by atoms with E-state index in [1.165, 1.54) is 0 Å². The lowest BCUT2D eigenvalue weighted by molar-refractivity contribution is 0.251. The van der Waals surface area contributed by atoms with Gasteiger partial charge in [0.15, 0.2) is 0 Å². The normalized spacial score (nSPS) is 10.1. The Labute approximate surface area is 151 Å². The number of anilines is 3. The molecule has 0 bridgehead atoms. The number of hydrogen-bond donors (Lipinski definition) is 3. The number of carbonyl (C=O) groups excluding carboxylic acids is 1. The standard InChI is InChI=1S/C20H18ClN3O/c21-19-9-5-4-6-15(19)14-22-20(25)24-18-12-10-17(11-13-18)23-16-7-2-1-3-8-16/h1-13,23H,14H2,(H2,22,24,25). The average molecular weight is 352 g/mol. The maximum atomic E-state index is 12.0. The Hall–Kier alpha value is -2.98. The van der Waals surface area contributed by atoms with E-state index in [4.69, 9.17) is 11.6 Å². The highest BCUT2D eigenvalue weighted by atomic mass is 35.5. The van der Waals surface area contributed by atoms with E-state index < -0.39 is 0 Å². The number of nitrogens with one attached hydrogen (secondary N) is 3. The number of hydrogen-bond acceptors (Lipinski definition) is 2. The fourth-order valence-corrected chi connectivity index (χ4v) is 2.52. The van der Waals surface area contributed by atoms with Crippen LogP contribution in [0.2, 0.25) is 5.02 Å². The SMILES string of the molecule is O=C(NCc1ccccc1Cl)Nc1ccc(Nc2ccccc2)cc1. The van der Waals surface area contributed by atoms with Crippen LogP contribution in [0.4, 0.5) is 21.9 Å². The molecule has 3 rings (SSSR count). The van der Waals surface area contributed by atoms with Gasteiger partial charge in [0.2, 0.25) is 0 Å². The van der Waals surface area contributed by atoms with Crippen molar-refractivity contribution in [3.05, 3.63) is 89.4 Å². The third kappa shape index (κ3) is 4.99. The van der Waals surface area contributed by atoms with Crippen LogP contribution in [-0.2, 0) is 6.54 Å². The Morgan fingerprint density at radius 1 is 0.760 bits per heavy atom. The third-order valence-corrected chi connectivity index (χ3v) is 3.97. The molecule has 3 aromatic rings. The van der Waals surface area contributed by atoms with Crippen LogP contribution in [0.25, 0.3) is 0 Å². The summed E-state index contributed by atoms with van der Waals surface area (Å²) in [7, 11) is 0. The lowest BCUT2D eigenvalue weighted by Crippen LogP contribution is -2.28. The molecule has 0 heterocycles. The zero-order valence-electron chi connectivity index (χ0n) is 13.5. The minimum absolute atomic E-state index is 0.274. The van der Waals surface area contributed by atoms with Gasteiger partial charge in [-0.05, 0) is 48.0 Å². The molecule has 0 atom stereocenters. The Morgan fingerprint density at radius 2 is 1.36 bits per heavy atom. The number of rotatable bonds is 5. The van der Waals surface area contributed by atoms with Crippen molar-refractivity contribution in [1.29, 1.82) is 0 Å². The first-order valence-corrected chi connectivity index (χ1v) is 8.29.